The van der Waals surface area contributed by atoms with E-state index in [1.165, 1.54) is 6.42 Å². The number of nitrogens with two attached hydrogens (primary N) is 1. The number of rotatable bonds is 1. The lowest BCUT2D eigenvalue weighted by Gasteiger charge is -2.44. The molecule has 13 heavy (non-hydrogen) atoms. The molecule has 1 aliphatic heterocycles. The summed E-state index contributed by atoms with van der Waals surface area (Å²) in [5, 5.41) is 10.5. The van der Waals surface area contributed by atoms with Gasteiger partial charge in [-0.1, -0.05) is 19.3 Å². The fourth-order valence-electron chi connectivity index (χ4n) is 2.58. The first kappa shape index (κ1) is 9.81. The molecule has 0 spiro atoms. The summed E-state index contributed by atoms with van der Waals surface area (Å²) in [6.45, 7) is 0. The van der Waals surface area contributed by atoms with Crippen LogP contribution in [0, 0.1) is 0 Å². The quantitative estimate of drug-likeness (QED) is 0.676. The standard InChI is InChI=1S/C10H19NOS/c11-9(6-7-13-8-9)10(12)4-2-1-3-5-10/h12H,1-8,11H2. The van der Waals surface area contributed by atoms with E-state index in [4.69, 9.17) is 5.73 Å². The molecule has 0 bridgehead atoms. The minimum Gasteiger partial charge on any atom is -0.388 e. The summed E-state index contributed by atoms with van der Waals surface area (Å²) in [6.07, 6.45) is 6.41. The van der Waals surface area contributed by atoms with Gasteiger partial charge in [-0.3, -0.25) is 0 Å². The zero-order chi connectivity index (χ0) is 9.36. The van der Waals surface area contributed by atoms with Crippen molar-refractivity contribution in [3.05, 3.63) is 0 Å². The number of hydrogen-bond donors (Lipinski definition) is 2. The van der Waals surface area contributed by atoms with Crippen LogP contribution in [-0.4, -0.2) is 27.8 Å². The van der Waals surface area contributed by atoms with Gasteiger partial charge in [-0.2, -0.15) is 11.8 Å². The summed E-state index contributed by atoms with van der Waals surface area (Å²) in [5.74, 6) is 2.07. The van der Waals surface area contributed by atoms with E-state index in [2.05, 4.69) is 0 Å². The number of hydrogen-bond acceptors (Lipinski definition) is 3. The van der Waals surface area contributed by atoms with E-state index in [9.17, 15) is 5.11 Å². The van der Waals surface area contributed by atoms with Crippen LogP contribution in [0.15, 0.2) is 0 Å². The lowest BCUT2D eigenvalue weighted by molar-refractivity contribution is -0.0550. The summed E-state index contributed by atoms with van der Waals surface area (Å²) in [6, 6.07) is 0. The molecule has 1 atom stereocenters. The van der Waals surface area contributed by atoms with Gasteiger partial charge in [0, 0.05) is 5.75 Å². The summed E-state index contributed by atoms with van der Waals surface area (Å²) in [4.78, 5) is 0. The van der Waals surface area contributed by atoms with Crippen LogP contribution in [0.4, 0.5) is 0 Å². The molecule has 3 N–H and O–H groups in total. The minimum absolute atomic E-state index is 0.280. The molecule has 2 rings (SSSR count). The topological polar surface area (TPSA) is 46.2 Å². The van der Waals surface area contributed by atoms with Crippen molar-refractivity contribution in [3.63, 3.8) is 0 Å². The number of thioether (sulfide) groups is 1. The molecule has 2 nitrogen and oxygen atoms in total. The maximum absolute atomic E-state index is 10.5. The van der Waals surface area contributed by atoms with Gasteiger partial charge in [-0.05, 0) is 25.0 Å². The van der Waals surface area contributed by atoms with Gasteiger partial charge in [0.2, 0.25) is 0 Å². The zero-order valence-electron chi connectivity index (χ0n) is 8.09. The monoisotopic (exact) mass is 201 g/mol. The van der Waals surface area contributed by atoms with Gasteiger partial charge < -0.3 is 10.8 Å². The lowest BCUT2D eigenvalue weighted by atomic mass is 9.71. The van der Waals surface area contributed by atoms with Gasteiger partial charge in [-0.15, -0.1) is 0 Å². The normalized spacial score (nSPS) is 39.2. The van der Waals surface area contributed by atoms with E-state index < -0.39 is 5.60 Å². The number of aliphatic hydroxyl groups is 1. The second kappa shape index (κ2) is 3.44. The van der Waals surface area contributed by atoms with Crippen molar-refractivity contribution in [2.24, 2.45) is 5.73 Å². The summed E-state index contributed by atoms with van der Waals surface area (Å²) in [5.41, 5.74) is 5.47. The first-order valence-corrected chi connectivity index (χ1v) is 6.41. The maximum atomic E-state index is 10.5. The first-order valence-electron chi connectivity index (χ1n) is 5.25. The fourth-order valence-corrected chi connectivity index (χ4v) is 4.01. The first-order chi connectivity index (χ1) is 6.16. The third-order valence-electron chi connectivity index (χ3n) is 3.66. The Kier molecular flexibility index (Phi) is 2.60. The molecule has 3 heteroatoms. The minimum atomic E-state index is -0.547. The van der Waals surface area contributed by atoms with Crippen LogP contribution in [0.1, 0.15) is 38.5 Å². The molecule has 0 radical (unpaired) electrons. The molecule has 1 unspecified atom stereocenters. The Balaban J connectivity index is 2.11. The van der Waals surface area contributed by atoms with Crippen LogP contribution in [-0.2, 0) is 0 Å². The summed E-state index contributed by atoms with van der Waals surface area (Å²) >= 11 is 1.89. The Hall–Kier alpha value is 0.270. The smallest absolute Gasteiger partial charge is 0.0834 e. The van der Waals surface area contributed by atoms with Gasteiger partial charge in [0.15, 0.2) is 0 Å². The Morgan fingerprint density at radius 1 is 1.08 bits per heavy atom. The van der Waals surface area contributed by atoms with Crippen LogP contribution < -0.4 is 5.73 Å². The largest absolute Gasteiger partial charge is 0.388 e. The van der Waals surface area contributed by atoms with Gasteiger partial charge in [0.1, 0.15) is 0 Å². The molecule has 76 valence electrons. The third-order valence-corrected chi connectivity index (χ3v) is 4.87. The molecule has 0 aromatic rings. The third kappa shape index (κ3) is 1.62. The van der Waals surface area contributed by atoms with E-state index in [0.717, 1.165) is 43.6 Å². The molecule has 0 aromatic heterocycles. The highest BCUT2D eigenvalue weighted by atomic mass is 32.2. The second-order valence-electron chi connectivity index (χ2n) is 4.55. The van der Waals surface area contributed by atoms with Crippen molar-refractivity contribution in [1.82, 2.24) is 0 Å². The Morgan fingerprint density at radius 2 is 1.77 bits per heavy atom. The molecule has 1 saturated heterocycles. The van der Waals surface area contributed by atoms with Crippen molar-refractivity contribution in [2.75, 3.05) is 11.5 Å². The predicted octanol–water partition coefficient (Wildman–Crippen LogP) is 1.52. The highest BCUT2D eigenvalue weighted by Gasteiger charge is 2.49. The Morgan fingerprint density at radius 3 is 2.31 bits per heavy atom. The zero-order valence-corrected chi connectivity index (χ0v) is 8.91. The molecule has 1 saturated carbocycles. The van der Waals surface area contributed by atoms with Crippen molar-refractivity contribution >= 4 is 11.8 Å². The van der Waals surface area contributed by atoms with Crippen LogP contribution in [0.5, 0.6) is 0 Å². The van der Waals surface area contributed by atoms with Crippen LogP contribution >= 0.6 is 11.8 Å². The maximum Gasteiger partial charge on any atom is 0.0834 e. The highest BCUT2D eigenvalue weighted by molar-refractivity contribution is 7.99. The van der Waals surface area contributed by atoms with Crippen LogP contribution in [0.3, 0.4) is 0 Å². The van der Waals surface area contributed by atoms with E-state index in [1.54, 1.807) is 0 Å². The Bertz CT molecular complexity index is 183. The molecule has 2 fully saturated rings. The molecular formula is C10H19NOS. The molecule has 0 aromatic carbocycles. The molecule has 1 heterocycles. The average molecular weight is 201 g/mol. The average Bonchev–Trinajstić information content (AvgIpc) is 2.55. The van der Waals surface area contributed by atoms with E-state index >= 15 is 0 Å². The van der Waals surface area contributed by atoms with E-state index in [0.29, 0.717) is 0 Å². The van der Waals surface area contributed by atoms with Crippen molar-refractivity contribution < 1.29 is 5.11 Å². The van der Waals surface area contributed by atoms with Crippen LogP contribution in [0.25, 0.3) is 0 Å². The van der Waals surface area contributed by atoms with E-state index in [1.807, 2.05) is 11.8 Å². The van der Waals surface area contributed by atoms with Crippen molar-refractivity contribution in [1.29, 1.82) is 0 Å². The van der Waals surface area contributed by atoms with Crippen molar-refractivity contribution in [2.45, 2.75) is 49.7 Å². The lowest BCUT2D eigenvalue weighted by Crippen LogP contribution is -2.61. The van der Waals surface area contributed by atoms with Gasteiger partial charge >= 0.3 is 0 Å². The predicted molar refractivity (Wildman–Crippen MR) is 56.9 cm³/mol. The molecule has 2 aliphatic rings. The van der Waals surface area contributed by atoms with Gasteiger partial charge in [0.25, 0.3) is 0 Å². The molecule has 0 amide bonds. The van der Waals surface area contributed by atoms with Crippen molar-refractivity contribution in [3.8, 4) is 0 Å². The summed E-state index contributed by atoms with van der Waals surface area (Å²) < 4.78 is 0. The SMILES string of the molecule is NC1(C2(O)CCCCC2)CCSC1. The second-order valence-corrected chi connectivity index (χ2v) is 5.66. The molecule has 1 aliphatic carbocycles. The summed E-state index contributed by atoms with van der Waals surface area (Å²) in [7, 11) is 0. The fraction of sp³-hybridized carbons (Fsp3) is 1.00. The van der Waals surface area contributed by atoms with Gasteiger partial charge in [-0.25, -0.2) is 0 Å². The van der Waals surface area contributed by atoms with E-state index in [-0.39, 0.29) is 5.54 Å². The Labute approximate surface area is 84.3 Å². The molecular weight excluding hydrogens is 182 g/mol. The van der Waals surface area contributed by atoms with Gasteiger partial charge in [0.05, 0.1) is 11.1 Å². The van der Waals surface area contributed by atoms with Crippen LogP contribution in [0.2, 0.25) is 0 Å². The highest BCUT2D eigenvalue weighted by Crippen LogP contribution is 2.42.